The van der Waals surface area contributed by atoms with E-state index < -0.39 is 71.3 Å². The molecule has 4 aromatic carbocycles. The number of carbonyl (C=O) groups excluding carboxylic acids is 4. The number of ether oxygens (including phenoxy) is 3. The molecule has 0 bridgehead atoms. The normalized spacial score (nSPS) is 19.2. The third-order valence-corrected chi connectivity index (χ3v) is 10.3. The number of benzene rings is 4. The Bertz CT molecular complexity index is 2240. The van der Waals surface area contributed by atoms with Crippen LogP contribution in [0, 0.1) is 28.4 Å². The number of hydrogen-bond donors (Lipinski definition) is 2. The predicted octanol–water partition coefficient (Wildman–Crippen LogP) is 8.51. The molecule has 1 aliphatic rings. The van der Waals surface area contributed by atoms with Gasteiger partial charge >= 0.3 is 12.1 Å². The molecule has 0 aliphatic carbocycles. The van der Waals surface area contributed by atoms with Gasteiger partial charge in [0.1, 0.15) is 41.7 Å². The van der Waals surface area contributed by atoms with Gasteiger partial charge in [0.05, 0.1) is 35.5 Å². The lowest BCUT2D eigenvalue weighted by molar-refractivity contribution is -0.174. The van der Waals surface area contributed by atoms with E-state index >= 15 is 8.78 Å². The van der Waals surface area contributed by atoms with Crippen molar-refractivity contribution < 1.29 is 47.0 Å². The summed E-state index contributed by atoms with van der Waals surface area (Å²) in [4.78, 5) is 57.1. The van der Waals surface area contributed by atoms with E-state index in [9.17, 15) is 24.4 Å². The molecule has 12 nitrogen and oxygen atoms in total. The third-order valence-electron chi connectivity index (χ3n) is 9.76. The first kappa shape index (κ1) is 44.5. The molecule has 310 valence electrons. The zero-order valence-electron chi connectivity index (χ0n) is 32.8. The van der Waals surface area contributed by atoms with Gasteiger partial charge in [-0.2, -0.15) is 10.3 Å². The molecule has 0 aromatic heterocycles. The van der Waals surface area contributed by atoms with Crippen LogP contribution >= 0.6 is 23.2 Å². The Morgan fingerprint density at radius 2 is 1.75 bits per heavy atom. The summed E-state index contributed by atoms with van der Waals surface area (Å²) in [6, 6.07) is 20.0. The number of nitrogens with zero attached hydrogens (tertiary/aromatic N) is 2. The molecule has 0 spiro atoms. The van der Waals surface area contributed by atoms with Crippen LogP contribution in [0.3, 0.4) is 0 Å². The fraction of sp³-hybridized carbons (Fsp3) is 0.326. The minimum Gasteiger partial charge on any atom is -0.495 e. The average molecular weight is 852 g/mol. The lowest BCUT2D eigenvalue weighted by Crippen LogP contribution is -2.45. The molecule has 2 amide bonds. The van der Waals surface area contributed by atoms with Gasteiger partial charge in [0.2, 0.25) is 12.7 Å². The van der Waals surface area contributed by atoms with Crippen molar-refractivity contribution in [2.75, 3.05) is 19.2 Å². The lowest BCUT2D eigenvalue weighted by Gasteiger charge is -2.37. The van der Waals surface area contributed by atoms with E-state index in [1.54, 1.807) is 24.3 Å². The lowest BCUT2D eigenvalue weighted by atomic mass is 9.62. The molecule has 1 saturated heterocycles. The first-order valence-electron chi connectivity index (χ1n) is 18.4. The van der Waals surface area contributed by atoms with Crippen molar-refractivity contribution in [3.8, 4) is 11.8 Å². The van der Waals surface area contributed by atoms with Crippen LogP contribution in [0.15, 0.2) is 84.9 Å². The second kappa shape index (κ2) is 19.0. The summed E-state index contributed by atoms with van der Waals surface area (Å²) in [6.45, 7) is 6.30. The van der Waals surface area contributed by atoms with Gasteiger partial charge in [-0.15, -0.1) is 0 Å². The van der Waals surface area contributed by atoms with Gasteiger partial charge in [-0.05, 0) is 66.3 Å². The number of aldehydes is 1. The molecule has 4 aromatic rings. The van der Waals surface area contributed by atoms with E-state index in [0.29, 0.717) is 6.29 Å². The largest absolute Gasteiger partial charge is 0.495 e. The maximum absolute atomic E-state index is 16.1. The molecule has 0 saturated carbocycles. The smallest absolute Gasteiger partial charge is 0.437 e. The van der Waals surface area contributed by atoms with E-state index in [4.69, 9.17) is 42.3 Å². The summed E-state index contributed by atoms with van der Waals surface area (Å²) in [5, 5.41) is 17.7. The second-order valence-corrected chi connectivity index (χ2v) is 15.9. The fourth-order valence-electron chi connectivity index (χ4n) is 7.08. The number of amides is 2. The van der Waals surface area contributed by atoms with Gasteiger partial charge in [-0.3, -0.25) is 9.63 Å². The molecule has 1 unspecified atom stereocenters. The van der Waals surface area contributed by atoms with Crippen molar-refractivity contribution in [1.29, 1.82) is 5.26 Å². The molecular weight excluding hydrogens is 809 g/mol. The van der Waals surface area contributed by atoms with Gasteiger partial charge in [0.25, 0.3) is 0 Å². The van der Waals surface area contributed by atoms with E-state index in [1.807, 2.05) is 26.8 Å². The number of hydroxylamine groups is 2. The van der Waals surface area contributed by atoms with E-state index in [1.165, 1.54) is 62.6 Å². The number of nitriles is 1. The standard InChI is InChI=1S/C43H42Cl2F2N4O8/c1-25(21-52)51(59-22-26-10-7-6-8-11-26)41(55)58-24-57-40(54)27-14-17-33(34(18-27)56-5)49-39(53)38-36(29-12-9-13-31(45)37(29)47)43(23-48,35(50-38)20-42(2,3)4)30-16-15-28(44)19-32(30)46/h6-19,21,25,35-36,38,50H,20,22,24H2,1-5H3,(H,49,53)/t25?,35-,36-,38+,43-/m0/s1. The molecular formula is C43H42Cl2F2N4O8. The van der Waals surface area contributed by atoms with Gasteiger partial charge in [-0.25, -0.2) is 18.4 Å². The van der Waals surface area contributed by atoms with Crippen LogP contribution in [0.1, 0.15) is 67.1 Å². The topological polar surface area (TPSA) is 156 Å². The molecule has 59 heavy (non-hydrogen) atoms. The highest BCUT2D eigenvalue weighted by Gasteiger charge is 2.61. The van der Waals surface area contributed by atoms with Crippen LogP contribution in [0.4, 0.5) is 19.3 Å². The monoisotopic (exact) mass is 850 g/mol. The van der Waals surface area contributed by atoms with E-state index in [2.05, 4.69) is 16.7 Å². The molecule has 5 rings (SSSR count). The zero-order chi connectivity index (χ0) is 43.1. The van der Waals surface area contributed by atoms with Gasteiger partial charge in [0.15, 0.2) is 0 Å². The Morgan fingerprint density at radius 3 is 2.39 bits per heavy atom. The molecule has 16 heteroatoms. The SMILES string of the molecule is COc1cc(C(=O)OCOC(=O)N(OCc2ccccc2)C(C)C=O)ccc1NC(=O)[C@@H]1N[C@@H](CC(C)(C)C)[C@](C#N)(c2ccc(Cl)cc2F)[C@H]1c1cccc(Cl)c1F. The molecule has 0 radical (unpaired) electrons. The number of carbonyl (C=O) groups is 4. The highest BCUT2D eigenvalue weighted by atomic mass is 35.5. The molecule has 5 atom stereocenters. The van der Waals surface area contributed by atoms with Gasteiger partial charge in [0, 0.05) is 22.5 Å². The summed E-state index contributed by atoms with van der Waals surface area (Å²) in [5.41, 5.74) is -1.72. The summed E-state index contributed by atoms with van der Waals surface area (Å²) >= 11 is 12.4. The number of nitrogens with one attached hydrogen (secondary N) is 2. The van der Waals surface area contributed by atoms with Crippen molar-refractivity contribution in [3.63, 3.8) is 0 Å². The fourth-order valence-corrected chi connectivity index (χ4v) is 7.42. The third kappa shape index (κ3) is 10.00. The van der Waals surface area contributed by atoms with Crippen LogP contribution in [-0.2, 0) is 35.9 Å². The Kier molecular flexibility index (Phi) is 14.3. The first-order valence-corrected chi connectivity index (χ1v) is 19.1. The highest BCUT2D eigenvalue weighted by Crippen LogP contribution is 2.53. The molecule has 1 heterocycles. The van der Waals surface area contributed by atoms with Crippen molar-refractivity contribution in [2.45, 2.75) is 70.2 Å². The minimum atomic E-state index is -1.85. The quantitative estimate of drug-likeness (QED) is 0.0546. The summed E-state index contributed by atoms with van der Waals surface area (Å²) in [7, 11) is 1.29. The van der Waals surface area contributed by atoms with Crippen LogP contribution in [0.5, 0.6) is 5.75 Å². The van der Waals surface area contributed by atoms with E-state index in [-0.39, 0.29) is 51.2 Å². The number of rotatable bonds is 14. The molecule has 1 aliphatic heterocycles. The second-order valence-electron chi connectivity index (χ2n) is 15.0. The summed E-state index contributed by atoms with van der Waals surface area (Å²) < 4.78 is 47.7. The number of halogens is 4. The van der Waals surface area contributed by atoms with Crippen LogP contribution < -0.4 is 15.4 Å². The number of anilines is 1. The highest BCUT2D eigenvalue weighted by molar-refractivity contribution is 6.31. The van der Waals surface area contributed by atoms with Crippen molar-refractivity contribution in [1.82, 2.24) is 10.4 Å². The van der Waals surface area contributed by atoms with Crippen LogP contribution in [0.25, 0.3) is 0 Å². The van der Waals surface area contributed by atoms with Crippen LogP contribution in [-0.4, -0.2) is 61.3 Å². The Hall–Kier alpha value is -5.59. The summed E-state index contributed by atoms with van der Waals surface area (Å²) in [5.74, 6) is -4.67. The predicted molar refractivity (Wildman–Crippen MR) is 215 cm³/mol. The van der Waals surface area contributed by atoms with Gasteiger partial charge < -0.3 is 29.6 Å². The Morgan fingerprint density at radius 1 is 1.02 bits per heavy atom. The number of methoxy groups -OCH3 is 1. The van der Waals surface area contributed by atoms with E-state index in [0.717, 1.165) is 16.7 Å². The summed E-state index contributed by atoms with van der Waals surface area (Å²) in [6.07, 6.45) is -0.341. The first-order chi connectivity index (χ1) is 28.0. The molecule has 1 fully saturated rings. The van der Waals surface area contributed by atoms with Gasteiger partial charge in [-0.1, -0.05) is 92.5 Å². The average Bonchev–Trinajstić information content (AvgIpc) is 3.52. The molecule has 2 N–H and O–H groups in total. The minimum absolute atomic E-state index is 0.00936. The van der Waals surface area contributed by atoms with Crippen LogP contribution in [0.2, 0.25) is 10.0 Å². The maximum Gasteiger partial charge on any atom is 0.437 e. The maximum atomic E-state index is 16.1. The number of hydrogen-bond acceptors (Lipinski definition) is 10. The van der Waals surface area contributed by atoms with Crippen molar-refractivity contribution >= 4 is 53.1 Å². The Labute approximate surface area is 350 Å². The number of esters is 1. The van der Waals surface area contributed by atoms with Crippen molar-refractivity contribution in [2.24, 2.45) is 5.41 Å². The van der Waals surface area contributed by atoms with Crippen molar-refractivity contribution in [3.05, 3.63) is 129 Å². The Balaban J connectivity index is 1.39. The zero-order valence-corrected chi connectivity index (χ0v) is 34.3.